The van der Waals surface area contributed by atoms with E-state index in [4.69, 9.17) is 80.0 Å². The quantitative estimate of drug-likeness (QED) is 0.0132. The van der Waals surface area contributed by atoms with Crippen LogP contribution in [0.4, 0.5) is 0 Å². The molecule has 2 aliphatic rings. The lowest BCUT2D eigenvalue weighted by Gasteiger charge is -2.26. The van der Waals surface area contributed by atoms with Gasteiger partial charge in [-0.1, -0.05) is 49.5 Å². The highest BCUT2D eigenvalue weighted by Crippen LogP contribution is 2.37. The van der Waals surface area contributed by atoms with Gasteiger partial charge in [0, 0.05) is 36.4 Å². The summed E-state index contributed by atoms with van der Waals surface area (Å²) >= 11 is 12.8. The van der Waals surface area contributed by atoms with Crippen molar-refractivity contribution < 1.29 is 95.2 Å². The summed E-state index contributed by atoms with van der Waals surface area (Å²) in [7, 11) is 0. The van der Waals surface area contributed by atoms with Crippen molar-refractivity contribution in [3.05, 3.63) is 146 Å². The summed E-state index contributed by atoms with van der Waals surface area (Å²) in [6.45, 7) is 16.7. The lowest BCUT2D eigenvalue weighted by Crippen LogP contribution is -2.30. The molecular weight excluding hydrogens is 1260 g/mol. The third kappa shape index (κ3) is 30.0. The first-order valence-electron chi connectivity index (χ1n) is 31.9. The maximum atomic E-state index is 12.9. The number of carbonyl (C=O) groups excluding carboxylic acids is 8. The summed E-state index contributed by atoms with van der Waals surface area (Å²) in [5.74, 6) is -0.568. The zero-order valence-corrected chi connectivity index (χ0v) is 54.8. The molecule has 2 saturated carbocycles. The lowest BCUT2D eigenvalue weighted by atomic mass is 9.82. The second-order valence-corrected chi connectivity index (χ2v) is 22.8. The molecule has 4 aromatic carbocycles. The molecule has 0 aromatic heterocycles. The first-order valence-corrected chi connectivity index (χ1v) is 32.7. The van der Waals surface area contributed by atoms with Crippen molar-refractivity contribution in [3.63, 3.8) is 0 Å². The van der Waals surface area contributed by atoms with Crippen LogP contribution < -0.4 is 37.9 Å². The van der Waals surface area contributed by atoms with E-state index >= 15 is 0 Å². The molecule has 2 aliphatic carbocycles. The van der Waals surface area contributed by atoms with Crippen LogP contribution >= 0.6 is 23.2 Å². The van der Waals surface area contributed by atoms with E-state index in [1.807, 2.05) is 0 Å². The van der Waals surface area contributed by atoms with Crippen molar-refractivity contribution in [2.24, 2.45) is 23.7 Å². The SMILES string of the molecule is C=CC(=O)OCCCCCCOc1ccc(OC(=O)C2CCC(C(=O)Oc3ccc(OCCCCCCOC(=O)C=C)cc3Cl)CC2)c(Cl)c1.C=CC(=O)OCCCCOc1ccc(OC(=O)C2CCC(C(=O)Oc3ccc(OCCCCOC(=O)C=C)cc3)CC2)cc1. The Morgan fingerprint density at radius 1 is 0.309 bits per heavy atom. The summed E-state index contributed by atoms with van der Waals surface area (Å²) in [6.07, 6.45) is 18.3. The standard InChI is InChI=1S/C38H46Cl2O10.C34H40O10/c1-3-35(41)47-23-11-7-5-9-21-45-29-17-19-33(31(39)25-29)49-37(43)27-13-15-28(16-14-27)38(44)50-34-20-18-30(26-32(34)40)46-22-10-6-8-12-24-48-36(42)4-2;1-3-31(35)41-23-7-5-21-39-27-13-17-29(18-14-27)43-33(37)25-9-11-26(12-10-25)34(38)44-30-19-15-28(16-20-30)40-22-6-8-24-42-32(36)4-2/h3-4,17-20,25-28H,1-2,5-16,21-24H2;3-4,13-20,25-26H,1-2,5-12,21-24H2. The van der Waals surface area contributed by atoms with Crippen molar-refractivity contribution in [2.75, 3.05) is 52.9 Å². The fraction of sp³-hybridized carbons (Fsp3) is 0.444. The van der Waals surface area contributed by atoms with Crippen molar-refractivity contribution in [3.8, 4) is 46.0 Å². The molecule has 508 valence electrons. The van der Waals surface area contributed by atoms with E-state index in [1.54, 1.807) is 84.9 Å². The molecule has 0 amide bonds. The van der Waals surface area contributed by atoms with Crippen LogP contribution in [0, 0.1) is 23.7 Å². The molecular formula is C72H86Cl2O20. The van der Waals surface area contributed by atoms with Crippen LogP contribution in [-0.2, 0) is 57.3 Å². The van der Waals surface area contributed by atoms with E-state index in [0.717, 1.165) is 88.5 Å². The van der Waals surface area contributed by atoms with Crippen molar-refractivity contribution in [1.29, 1.82) is 0 Å². The zero-order chi connectivity index (χ0) is 67.7. The lowest BCUT2D eigenvalue weighted by molar-refractivity contribution is -0.145. The number of carbonyl (C=O) groups is 8. The summed E-state index contributed by atoms with van der Waals surface area (Å²) in [5, 5.41) is 0.539. The zero-order valence-electron chi connectivity index (χ0n) is 53.3. The van der Waals surface area contributed by atoms with Gasteiger partial charge >= 0.3 is 47.8 Å². The molecule has 0 aliphatic heterocycles. The van der Waals surface area contributed by atoms with Gasteiger partial charge in [-0.15, -0.1) is 0 Å². The first kappa shape index (κ1) is 76.1. The molecule has 0 spiro atoms. The van der Waals surface area contributed by atoms with Crippen LogP contribution in [0.3, 0.4) is 0 Å². The average Bonchev–Trinajstić information content (AvgIpc) is 1.88. The van der Waals surface area contributed by atoms with Crippen LogP contribution in [0.5, 0.6) is 46.0 Å². The maximum absolute atomic E-state index is 12.9. The monoisotopic (exact) mass is 1340 g/mol. The average molecular weight is 1340 g/mol. The van der Waals surface area contributed by atoms with Gasteiger partial charge in [0.25, 0.3) is 0 Å². The van der Waals surface area contributed by atoms with Gasteiger partial charge in [-0.3, -0.25) is 19.2 Å². The molecule has 0 radical (unpaired) electrons. The minimum atomic E-state index is -0.437. The van der Waals surface area contributed by atoms with E-state index in [-0.39, 0.29) is 69.1 Å². The molecule has 0 heterocycles. The Morgan fingerprint density at radius 3 is 0.809 bits per heavy atom. The Kier molecular flexibility index (Phi) is 35.7. The summed E-state index contributed by atoms with van der Waals surface area (Å²) in [4.78, 5) is 95.3. The van der Waals surface area contributed by atoms with Gasteiger partial charge in [-0.2, -0.15) is 0 Å². The van der Waals surface area contributed by atoms with E-state index in [9.17, 15) is 38.4 Å². The van der Waals surface area contributed by atoms with Gasteiger partial charge in [-0.05, 0) is 201 Å². The van der Waals surface area contributed by atoms with Gasteiger partial charge in [0.15, 0.2) is 0 Å². The predicted molar refractivity (Wildman–Crippen MR) is 351 cm³/mol. The van der Waals surface area contributed by atoms with Crippen molar-refractivity contribution >= 4 is 71.0 Å². The van der Waals surface area contributed by atoms with Gasteiger partial charge in [0.2, 0.25) is 0 Å². The number of ether oxygens (including phenoxy) is 12. The number of hydrogen-bond acceptors (Lipinski definition) is 20. The topological polar surface area (TPSA) is 247 Å². The molecule has 22 heteroatoms. The number of unbranched alkanes of at least 4 members (excludes halogenated alkanes) is 8. The summed E-state index contributed by atoms with van der Waals surface area (Å²) < 4.78 is 64.9. The highest BCUT2D eigenvalue weighted by molar-refractivity contribution is 6.32. The van der Waals surface area contributed by atoms with E-state index in [1.165, 1.54) is 0 Å². The number of halogens is 2. The smallest absolute Gasteiger partial charge is 0.330 e. The number of esters is 8. The second kappa shape index (κ2) is 44.1. The third-order valence-electron chi connectivity index (χ3n) is 15.0. The fourth-order valence-electron chi connectivity index (χ4n) is 9.64. The normalized spacial score (nSPS) is 15.5. The van der Waals surface area contributed by atoms with Crippen LogP contribution in [0.1, 0.15) is 128 Å². The highest BCUT2D eigenvalue weighted by Gasteiger charge is 2.34. The Bertz CT molecular complexity index is 2870. The molecule has 94 heavy (non-hydrogen) atoms. The number of rotatable bonds is 40. The van der Waals surface area contributed by atoms with Crippen LogP contribution in [-0.4, -0.2) is 101 Å². The molecule has 0 saturated heterocycles. The van der Waals surface area contributed by atoms with Gasteiger partial charge < -0.3 is 56.8 Å². The maximum Gasteiger partial charge on any atom is 0.330 e. The van der Waals surface area contributed by atoms with Crippen LogP contribution in [0.15, 0.2) is 136 Å². The Morgan fingerprint density at radius 2 is 0.532 bits per heavy atom. The minimum Gasteiger partial charge on any atom is -0.494 e. The van der Waals surface area contributed by atoms with Crippen molar-refractivity contribution in [1.82, 2.24) is 0 Å². The highest BCUT2D eigenvalue weighted by atomic mass is 35.5. The molecule has 0 atom stereocenters. The van der Waals surface area contributed by atoms with Crippen LogP contribution in [0.2, 0.25) is 10.0 Å². The predicted octanol–water partition coefficient (Wildman–Crippen LogP) is 14.4. The molecule has 20 nitrogen and oxygen atoms in total. The molecule has 2 fully saturated rings. The summed E-state index contributed by atoms with van der Waals surface area (Å²) in [5.41, 5.74) is 0. The Labute approximate surface area is 560 Å². The Balaban J connectivity index is 0.000000343. The third-order valence-corrected chi connectivity index (χ3v) is 15.6. The van der Waals surface area contributed by atoms with Crippen molar-refractivity contribution in [2.45, 2.75) is 128 Å². The first-order chi connectivity index (χ1) is 45.6. The second-order valence-electron chi connectivity index (χ2n) is 22.0. The fourth-order valence-corrected chi connectivity index (χ4v) is 10.1. The van der Waals surface area contributed by atoms with Crippen LogP contribution in [0.25, 0.3) is 0 Å². The number of benzene rings is 4. The minimum absolute atomic E-state index is 0.255. The van der Waals surface area contributed by atoms with E-state index in [0.29, 0.717) is 152 Å². The van der Waals surface area contributed by atoms with E-state index < -0.39 is 23.9 Å². The van der Waals surface area contributed by atoms with Gasteiger partial charge in [0.1, 0.15) is 46.0 Å². The number of hydrogen-bond donors (Lipinski definition) is 0. The molecule has 0 unspecified atom stereocenters. The van der Waals surface area contributed by atoms with Gasteiger partial charge in [-0.25, -0.2) is 19.2 Å². The molecule has 0 bridgehead atoms. The summed E-state index contributed by atoms with van der Waals surface area (Å²) in [6, 6.07) is 23.5. The molecule has 6 rings (SSSR count). The van der Waals surface area contributed by atoms with Gasteiger partial charge in [0.05, 0.1) is 86.6 Å². The Hall–Kier alpha value is -8.62. The molecule has 4 aromatic rings. The largest absolute Gasteiger partial charge is 0.494 e. The molecule has 0 N–H and O–H groups in total. The van der Waals surface area contributed by atoms with E-state index in [2.05, 4.69) is 26.3 Å².